The average Bonchev–Trinajstić information content (AvgIpc) is 2.34. The predicted molar refractivity (Wildman–Crippen MR) is 75.3 cm³/mol. The highest BCUT2D eigenvalue weighted by molar-refractivity contribution is 6.30. The molecule has 0 radical (unpaired) electrons. The lowest BCUT2D eigenvalue weighted by atomic mass is 10.1. The van der Waals surface area contributed by atoms with E-state index in [0.29, 0.717) is 5.02 Å². The average molecular weight is 262 g/mol. The Kier molecular flexibility index (Phi) is 4.24. The molecule has 2 aromatic carbocycles. The van der Waals surface area contributed by atoms with E-state index in [0.717, 1.165) is 17.9 Å². The van der Waals surface area contributed by atoms with Crippen molar-refractivity contribution in [3.63, 3.8) is 0 Å². The van der Waals surface area contributed by atoms with Gasteiger partial charge in [0.1, 0.15) is 11.5 Å². The summed E-state index contributed by atoms with van der Waals surface area (Å²) in [5, 5.41) is 0.703. The monoisotopic (exact) mass is 261 g/mol. The van der Waals surface area contributed by atoms with E-state index in [-0.39, 0.29) is 6.04 Å². The molecule has 0 amide bonds. The highest BCUT2D eigenvalue weighted by Gasteiger charge is 2.00. The van der Waals surface area contributed by atoms with Crippen LogP contribution in [0.3, 0.4) is 0 Å². The molecule has 94 valence electrons. The van der Waals surface area contributed by atoms with Crippen LogP contribution in [0.4, 0.5) is 0 Å². The van der Waals surface area contributed by atoms with Crippen LogP contribution >= 0.6 is 11.6 Å². The van der Waals surface area contributed by atoms with Crippen LogP contribution in [0.5, 0.6) is 11.5 Å². The lowest BCUT2D eigenvalue weighted by Gasteiger charge is -2.08. The van der Waals surface area contributed by atoms with Gasteiger partial charge in [0.2, 0.25) is 0 Å². The number of hydrogen-bond donors (Lipinski definition) is 1. The van der Waals surface area contributed by atoms with Gasteiger partial charge >= 0.3 is 0 Å². The second kappa shape index (κ2) is 5.89. The third-order valence-electron chi connectivity index (χ3n) is 2.53. The highest BCUT2D eigenvalue weighted by atomic mass is 35.5. The lowest BCUT2D eigenvalue weighted by Crippen LogP contribution is -2.17. The SMILES string of the molecule is CC(N)Cc1ccc(Oc2ccc(Cl)cc2)cc1. The number of nitrogens with two attached hydrogens (primary N) is 1. The molecule has 3 heteroatoms. The van der Waals surface area contributed by atoms with Gasteiger partial charge in [-0.3, -0.25) is 0 Å². The second-order valence-electron chi connectivity index (χ2n) is 4.38. The fraction of sp³-hybridized carbons (Fsp3) is 0.200. The van der Waals surface area contributed by atoms with Crippen molar-refractivity contribution in [1.29, 1.82) is 0 Å². The van der Waals surface area contributed by atoms with Gasteiger partial charge in [0.15, 0.2) is 0 Å². The summed E-state index contributed by atoms with van der Waals surface area (Å²) in [6.45, 7) is 2.00. The van der Waals surface area contributed by atoms with Gasteiger partial charge in [0, 0.05) is 11.1 Å². The van der Waals surface area contributed by atoms with Crippen molar-refractivity contribution in [3.05, 3.63) is 59.1 Å². The minimum atomic E-state index is 0.174. The van der Waals surface area contributed by atoms with E-state index in [1.54, 1.807) is 12.1 Å². The van der Waals surface area contributed by atoms with E-state index in [9.17, 15) is 0 Å². The predicted octanol–water partition coefficient (Wildman–Crippen LogP) is 4.02. The molecule has 2 aromatic rings. The molecule has 0 spiro atoms. The third-order valence-corrected chi connectivity index (χ3v) is 2.78. The molecule has 0 aliphatic rings. The molecule has 0 saturated heterocycles. The van der Waals surface area contributed by atoms with Gasteiger partial charge in [-0.1, -0.05) is 23.7 Å². The summed E-state index contributed by atoms with van der Waals surface area (Å²) in [6.07, 6.45) is 0.876. The Balaban J connectivity index is 2.04. The Morgan fingerprint density at radius 2 is 1.50 bits per heavy atom. The maximum Gasteiger partial charge on any atom is 0.127 e. The summed E-state index contributed by atoms with van der Waals surface area (Å²) < 4.78 is 5.70. The fourth-order valence-corrected chi connectivity index (χ4v) is 1.83. The number of rotatable bonds is 4. The van der Waals surface area contributed by atoms with Gasteiger partial charge in [-0.05, 0) is 55.3 Å². The zero-order valence-corrected chi connectivity index (χ0v) is 11.0. The second-order valence-corrected chi connectivity index (χ2v) is 4.82. The van der Waals surface area contributed by atoms with E-state index >= 15 is 0 Å². The summed E-state index contributed by atoms with van der Waals surface area (Å²) in [5.74, 6) is 1.59. The molecule has 0 fully saturated rings. The molecule has 0 heterocycles. The van der Waals surface area contributed by atoms with E-state index < -0.39 is 0 Å². The van der Waals surface area contributed by atoms with Crippen molar-refractivity contribution >= 4 is 11.6 Å². The largest absolute Gasteiger partial charge is 0.457 e. The first-order valence-electron chi connectivity index (χ1n) is 5.91. The summed E-state index contributed by atoms with van der Waals surface area (Å²) in [6, 6.07) is 15.5. The maximum atomic E-state index is 5.82. The van der Waals surface area contributed by atoms with Crippen molar-refractivity contribution in [3.8, 4) is 11.5 Å². The van der Waals surface area contributed by atoms with Gasteiger partial charge in [-0.25, -0.2) is 0 Å². The Bertz CT molecular complexity index is 491. The lowest BCUT2D eigenvalue weighted by molar-refractivity contribution is 0.482. The molecule has 1 unspecified atom stereocenters. The Morgan fingerprint density at radius 1 is 1.00 bits per heavy atom. The van der Waals surface area contributed by atoms with Crippen LogP contribution in [0.1, 0.15) is 12.5 Å². The molecule has 2 rings (SSSR count). The van der Waals surface area contributed by atoms with Crippen molar-refractivity contribution < 1.29 is 4.74 Å². The minimum Gasteiger partial charge on any atom is -0.457 e. The highest BCUT2D eigenvalue weighted by Crippen LogP contribution is 2.23. The van der Waals surface area contributed by atoms with Crippen LogP contribution in [-0.4, -0.2) is 6.04 Å². The zero-order chi connectivity index (χ0) is 13.0. The molecular formula is C15H16ClNO. The Morgan fingerprint density at radius 3 is 2.00 bits per heavy atom. The molecule has 0 bridgehead atoms. The fourth-order valence-electron chi connectivity index (χ4n) is 1.70. The molecule has 0 aliphatic carbocycles. The molecule has 0 saturated carbocycles. The van der Waals surface area contributed by atoms with Crippen LogP contribution in [0.25, 0.3) is 0 Å². The van der Waals surface area contributed by atoms with Crippen LogP contribution in [0.15, 0.2) is 48.5 Å². The Labute approximate surface area is 112 Å². The molecule has 18 heavy (non-hydrogen) atoms. The topological polar surface area (TPSA) is 35.2 Å². The van der Waals surface area contributed by atoms with Crippen LogP contribution in [-0.2, 0) is 6.42 Å². The first-order chi connectivity index (χ1) is 8.63. The molecule has 2 N–H and O–H groups in total. The quantitative estimate of drug-likeness (QED) is 0.902. The molecule has 0 aromatic heterocycles. The van der Waals surface area contributed by atoms with Gasteiger partial charge in [0.05, 0.1) is 0 Å². The van der Waals surface area contributed by atoms with Crippen LogP contribution < -0.4 is 10.5 Å². The van der Waals surface area contributed by atoms with Gasteiger partial charge in [-0.15, -0.1) is 0 Å². The smallest absolute Gasteiger partial charge is 0.127 e. The number of benzene rings is 2. The van der Waals surface area contributed by atoms with E-state index in [1.807, 2.05) is 43.3 Å². The minimum absolute atomic E-state index is 0.174. The zero-order valence-electron chi connectivity index (χ0n) is 10.3. The summed E-state index contributed by atoms with van der Waals surface area (Å²) >= 11 is 5.82. The van der Waals surface area contributed by atoms with Crippen LogP contribution in [0, 0.1) is 0 Å². The number of ether oxygens (including phenoxy) is 1. The summed E-state index contributed by atoms with van der Waals surface area (Å²) in [5.41, 5.74) is 6.97. The molecular weight excluding hydrogens is 246 g/mol. The normalized spacial score (nSPS) is 12.2. The standard InChI is InChI=1S/C15H16ClNO/c1-11(17)10-12-2-6-14(7-3-12)18-15-8-4-13(16)5-9-15/h2-9,11H,10,17H2,1H3. The van der Waals surface area contributed by atoms with Gasteiger partial charge < -0.3 is 10.5 Å². The first kappa shape index (κ1) is 12.9. The van der Waals surface area contributed by atoms with Crippen molar-refractivity contribution in [2.75, 3.05) is 0 Å². The molecule has 0 aliphatic heterocycles. The summed E-state index contributed by atoms with van der Waals surface area (Å²) in [4.78, 5) is 0. The van der Waals surface area contributed by atoms with Gasteiger partial charge in [0.25, 0.3) is 0 Å². The summed E-state index contributed by atoms with van der Waals surface area (Å²) in [7, 11) is 0. The van der Waals surface area contributed by atoms with E-state index in [1.165, 1.54) is 5.56 Å². The third kappa shape index (κ3) is 3.76. The van der Waals surface area contributed by atoms with E-state index in [4.69, 9.17) is 22.1 Å². The van der Waals surface area contributed by atoms with Crippen molar-refractivity contribution in [1.82, 2.24) is 0 Å². The van der Waals surface area contributed by atoms with Gasteiger partial charge in [-0.2, -0.15) is 0 Å². The molecule has 2 nitrogen and oxygen atoms in total. The van der Waals surface area contributed by atoms with Crippen molar-refractivity contribution in [2.24, 2.45) is 5.73 Å². The first-order valence-corrected chi connectivity index (χ1v) is 6.29. The molecule has 1 atom stereocenters. The van der Waals surface area contributed by atoms with Crippen molar-refractivity contribution in [2.45, 2.75) is 19.4 Å². The van der Waals surface area contributed by atoms with Crippen LogP contribution in [0.2, 0.25) is 5.02 Å². The number of hydrogen-bond acceptors (Lipinski definition) is 2. The maximum absolute atomic E-state index is 5.82. The number of halogens is 1. The van der Waals surface area contributed by atoms with E-state index in [2.05, 4.69) is 0 Å². The Hall–Kier alpha value is -1.51.